The van der Waals surface area contributed by atoms with E-state index < -0.39 is 0 Å². The van der Waals surface area contributed by atoms with Gasteiger partial charge in [-0.15, -0.1) is 0 Å². The van der Waals surface area contributed by atoms with Crippen molar-refractivity contribution in [2.75, 3.05) is 13.1 Å². The van der Waals surface area contributed by atoms with Crippen molar-refractivity contribution in [2.45, 2.75) is 20.3 Å². The molecule has 0 aliphatic rings. The van der Waals surface area contributed by atoms with Gasteiger partial charge >= 0.3 is 0 Å². The average molecular weight is 342 g/mol. The van der Waals surface area contributed by atoms with Crippen LogP contribution in [0.15, 0.2) is 45.3 Å². The maximum Gasteiger partial charge on any atom is 0.244 e. The fourth-order valence-corrected chi connectivity index (χ4v) is 2.03. The minimum atomic E-state index is -0.200. The van der Waals surface area contributed by atoms with E-state index in [-0.39, 0.29) is 11.8 Å². The van der Waals surface area contributed by atoms with Gasteiger partial charge in [-0.25, -0.2) is 0 Å². The fourth-order valence-electron chi connectivity index (χ4n) is 2.03. The van der Waals surface area contributed by atoms with E-state index in [9.17, 15) is 9.59 Å². The van der Waals surface area contributed by atoms with Crippen molar-refractivity contribution in [2.24, 2.45) is 0 Å². The Kier molecular flexibility index (Phi) is 6.83. The van der Waals surface area contributed by atoms with Crippen molar-refractivity contribution in [3.8, 4) is 0 Å². The van der Waals surface area contributed by atoms with Crippen LogP contribution in [0.3, 0.4) is 0 Å². The minimum absolute atomic E-state index is 0.200. The van der Waals surface area contributed by atoms with Crippen LogP contribution < -0.4 is 10.6 Å². The Morgan fingerprint density at radius 2 is 1.28 bits per heavy atom. The van der Waals surface area contributed by atoms with E-state index in [4.69, 9.17) is 8.83 Å². The Balaban J connectivity index is 1.58. The first-order valence-electron chi connectivity index (χ1n) is 8.07. The Morgan fingerprint density at radius 3 is 1.64 bits per heavy atom. The molecule has 0 radical (unpaired) electrons. The first-order chi connectivity index (χ1) is 12.0. The van der Waals surface area contributed by atoms with Gasteiger partial charge in [-0.05, 0) is 56.7 Å². The Bertz CT molecular complexity index is 704. The van der Waals surface area contributed by atoms with Crippen LogP contribution in [0.1, 0.15) is 29.5 Å². The van der Waals surface area contributed by atoms with Crippen LogP contribution >= 0.6 is 0 Å². The minimum Gasteiger partial charge on any atom is -0.462 e. The molecule has 2 heterocycles. The van der Waals surface area contributed by atoms with Gasteiger partial charge in [0.15, 0.2) is 0 Å². The van der Waals surface area contributed by atoms with Crippen molar-refractivity contribution >= 4 is 24.0 Å². The molecule has 25 heavy (non-hydrogen) atoms. The fraction of sp³-hybridized carbons (Fsp3) is 0.263. The van der Waals surface area contributed by atoms with Gasteiger partial charge < -0.3 is 19.5 Å². The molecule has 2 rings (SSSR count). The van der Waals surface area contributed by atoms with Crippen LogP contribution in [0, 0.1) is 13.8 Å². The molecule has 0 aliphatic carbocycles. The van der Waals surface area contributed by atoms with Gasteiger partial charge in [0, 0.05) is 25.2 Å². The largest absolute Gasteiger partial charge is 0.462 e. The third-order valence-electron chi connectivity index (χ3n) is 3.27. The average Bonchev–Trinajstić information content (AvgIpc) is 3.19. The molecule has 6 heteroatoms. The first kappa shape index (κ1) is 18.3. The van der Waals surface area contributed by atoms with Gasteiger partial charge in [-0.1, -0.05) is 0 Å². The Hall–Kier alpha value is -3.02. The summed E-state index contributed by atoms with van der Waals surface area (Å²) in [4.78, 5) is 23.3. The van der Waals surface area contributed by atoms with E-state index in [2.05, 4.69) is 10.6 Å². The highest BCUT2D eigenvalue weighted by Crippen LogP contribution is 2.08. The van der Waals surface area contributed by atoms with E-state index in [0.717, 1.165) is 11.5 Å². The SMILES string of the molecule is Cc1ccc(/C=C/C(=O)NCCCNC(=O)/C=C/c2ccc(C)o2)o1. The second-order valence-electron chi connectivity index (χ2n) is 5.50. The number of aryl methyl sites for hydroxylation is 2. The first-order valence-corrected chi connectivity index (χ1v) is 8.07. The lowest BCUT2D eigenvalue weighted by Crippen LogP contribution is -2.28. The number of hydrogen-bond donors (Lipinski definition) is 2. The molecular formula is C19H22N2O4. The van der Waals surface area contributed by atoms with Crippen LogP contribution in [-0.4, -0.2) is 24.9 Å². The molecule has 0 atom stereocenters. The molecule has 2 aromatic heterocycles. The van der Waals surface area contributed by atoms with Crippen molar-refractivity contribution in [1.29, 1.82) is 0 Å². The molecule has 0 bridgehead atoms. The van der Waals surface area contributed by atoms with Crippen molar-refractivity contribution < 1.29 is 18.4 Å². The number of hydrogen-bond acceptors (Lipinski definition) is 4. The van der Waals surface area contributed by atoms with Crippen molar-refractivity contribution in [1.82, 2.24) is 10.6 Å². The zero-order valence-corrected chi connectivity index (χ0v) is 14.4. The molecule has 2 N–H and O–H groups in total. The number of carbonyl (C=O) groups is 2. The van der Waals surface area contributed by atoms with Gasteiger partial charge in [-0.2, -0.15) is 0 Å². The lowest BCUT2D eigenvalue weighted by atomic mass is 10.3. The molecule has 0 aliphatic heterocycles. The molecule has 0 saturated carbocycles. The molecule has 2 aromatic rings. The summed E-state index contributed by atoms with van der Waals surface area (Å²) in [5.74, 6) is 2.47. The summed E-state index contributed by atoms with van der Waals surface area (Å²) in [5, 5.41) is 5.48. The third-order valence-corrected chi connectivity index (χ3v) is 3.27. The van der Waals surface area contributed by atoms with E-state index in [1.807, 2.05) is 26.0 Å². The summed E-state index contributed by atoms with van der Waals surface area (Å²) in [7, 11) is 0. The number of nitrogens with one attached hydrogen (secondary N) is 2. The molecule has 0 aromatic carbocycles. The van der Waals surface area contributed by atoms with Crippen LogP contribution in [-0.2, 0) is 9.59 Å². The van der Waals surface area contributed by atoms with Crippen molar-refractivity contribution in [3.05, 3.63) is 59.5 Å². The van der Waals surface area contributed by atoms with E-state index >= 15 is 0 Å². The number of carbonyl (C=O) groups excluding carboxylic acids is 2. The van der Waals surface area contributed by atoms with Crippen LogP contribution in [0.4, 0.5) is 0 Å². The highest BCUT2D eigenvalue weighted by atomic mass is 16.3. The molecule has 2 amide bonds. The topological polar surface area (TPSA) is 84.5 Å². The molecular weight excluding hydrogens is 320 g/mol. The van der Waals surface area contributed by atoms with Gasteiger partial charge in [0.05, 0.1) is 0 Å². The molecule has 0 saturated heterocycles. The van der Waals surface area contributed by atoms with E-state index in [0.29, 0.717) is 31.0 Å². The van der Waals surface area contributed by atoms with E-state index in [1.54, 1.807) is 24.3 Å². The quantitative estimate of drug-likeness (QED) is 0.571. The third kappa shape index (κ3) is 6.95. The van der Waals surface area contributed by atoms with Crippen LogP contribution in [0.2, 0.25) is 0 Å². The molecule has 6 nitrogen and oxygen atoms in total. The zero-order chi connectivity index (χ0) is 18.1. The smallest absolute Gasteiger partial charge is 0.244 e. The molecule has 0 fully saturated rings. The molecule has 0 unspecified atom stereocenters. The van der Waals surface area contributed by atoms with Crippen molar-refractivity contribution in [3.63, 3.8) is 0 Å². The normalized spacial score (nSPS) is 11.3. The molecule has 132 valence electrons. The highest BCUT2D eigenvalue weighted by molar-refractivity contribution is 5.91. The number of amides is 2. The second kappa shape index (κ2) is 9.32. The summed E-state index contributed by atoms with van der Waals surface area (Å²) in [6.45, 7) is 4.64. The number of furan rings is 2. The van der Waals surface area contributed by atoms with Gasteiger partial charge in [0.2, 0.25) is 11.8 Å². The Morgan fingerprint density at radius 1 is 0.840 bits per heavy atom. The van der Waals surface area contributed by atoms with Gasteiger partial charge in [0.1, 0.15) is 23.0 Å². The summed E-state index contributed by atoms with van der Waals surface area (Å²) in [6.07, 6.45) is 6.71. The monoisotopic (exact) mass is 342 g/mol. The second-order valence-corrected chi connectivity index (χ2v) is 5.50. The predicted octanol–water partition coefficient (Wildman–Crippen LogP) is 2.84. The predicted molar refractivity (Wildman–Crippen MR) is 95.6 cm³/mol. The summed E-state index contributed by atoms with van der Waals surface area (Å²) < 4.78 is 10.7. The van der Waals surface area contributed by atoms with E-state index in [1.165, 1.54) is 12.2 Å². The summed E-state index contributed by atoms with van der Waals surface area (Å²) in [5.41, 5.74) is 0. The summed E-state index contributed by atoms with van der Waals surface area (Å²) >= 11 is 0. The highest BCUT2D eigenvalue weighted by Gasteiger charge is 1.99. The van der Waals surface area contributed by atoms with Crippen LogP contribution in [0.25, 0.3) is 12.2 Å². The standard InChI is InChI=1S/C19H22N2O4/c1-14-4-6-16(24-14)8-10-18(22)20-12-3-13-21-19(23)11-9-17-7-5-15(2)25-17/h4-11H,3,12-13H2,1-2H3,(H,20,22)(H,21,23)/b10-8+,11-9+. The summed E-state index contributed by atoms with van der Waals surface area (Å²) in [6, 6.07) is 7.27. The maximum atomic E-state index is 11.6. The molecule has 0 spiro atoms. The maximum absolute atomic E-state index is 11.6. The lowest BCUT2D eigenvalue weighted by molar-refractivity contribution is -0.116. The zero-order valence-electron chi connectivity index (χ0n) is 14.4. The van der Waals surface area contributed by atoms with Crippen LogP contribution in [0.5, 0.6) is 0 Å². The lowest BCUT2D eigenvalue weighted by Gasteiger charge is -2.03. The van der Waals surface area contributed by atoms with Gasteiger partial charge in [-0.3, -0.25) is 9.59 Å². The number of rotatable bonds is 8. The van der Waals surface area contributed by atoms with Gasteiger partial charge in [0.25, 0.3) is 0 Å². The Labute approximate surface area is 146 Å².